The van der Waals surface area contributed by atoms with E-state index in [4.69, 9.17) is 0 Å². The SMILES string of the molecule is c1ccc2c(c1)CC1C2CC2CCC1N2CC1CC1. The highest BCUT2D eigenvalue weighted by Gasteiger charge is 2.50. The standard InChI is InChI=1S/C18H23N/c1-2-4-15-13(3-1)9-17-16(15)10-14-7-8-18(17)19(14)11-12-5-6-12/h1-4,12,14,16-18H,5-11H2. The fraction of sp³-hybridized carbons (Fsp3) is 0.667. The Kier molecular flexibility index (Phi) is 2.21. The monoisotopic (exact) mass is 253 g/mol. The molecule has 0 N–H and O–H groups in total. The molecule has 0 amide bonds. The van der Waals surface area contributed by atoms with Crippen molar-refractivity contribution in [3.63, 3.8) is 0 Å². The summed E-state index contributed by atoms with van der Waals surface area (Å²) in [5.74, 6) is 2.89. The van der Waals surface area contributed by atoms with E-state index in [1.54, 1.807) is 11.1 Å². The second-order valence-electron chi connectivity index (χ2n) is 7.35. The maximum absolute atomic E-state index is 2.94. The van der Waals surface area contributed by atoms with Gasteiger partial charge in [0.15, 0.2) is 0 Å². The zero-order valence-corrected chi connectivity index (χ0v) is 11.6. The highest BCUT2D eigenvalue weighted by atomic mass is 15.2. The minimum absolute atomic E-state index is 0.893. The van der Waals surface area contributed by atoms with Gasteiger partial charge in [-0.15, -0.1) is 0 Å². The Hall–Kier alpha value is -0.820. The number of hydrogen-bond acceptors (Lipinski definition) is 1. The molecule has 1 saturated carbocycles. The molecule has 2 saturated heterocycles. The summed E-state index contributed by atoms with van der Waals surface area (Å²) in [7, 11) is 0. The Morgan fingerprint density at radius 2 is 1.95 bits per heavy atom. The van der Waals surface area contributed by atoms with E-state index in [9.17, 15) is 0 Å². The predicted molar refractivity (Wildman–Crippen MR) is 77.2 cm³/mol. The van der Waals surface area contributed by atoms with E-state index in [1.807, 2.05) is 0 Å². The average Bonchev–Trinajstić information content (AvgIpc) is 3.10. The molecular weight excluding hydrogens is 230 g/mol. The van der Waals surface area contributed by atoms with Gasteiger partial charge in [-0.3, -0.25) is 4.90 Å². The van der Waals surface area contributed by atoms with Crippen molar-refractivity contribution in [2.45, 2.75) is 56.5 Å². The van der Waals surface area contributed by atoms with Crippen molar-refractivity contribution in [1.29, 1.82) is 0 Å². The Balaban J connectivity index is 1.47. The molecule has 5 rings (SSSR count). The van der Waals surface area contributed by atoms with Crippen molar-refractivity contribution in [3.05, 3.63) is 35.4 Å². The van der Waals surface area contributed by atoms with Crippen molar-refractivity contribution in [2.24, 2.45) is 11.8 Å². The van der Waals surface area contributed by atoms with E-state index in [0.29, 0.717) is 0 Å². The molecule has 4 aliphatic rings. The van der Waals surface area contributed by atoms with Gasteiger partial charge in [0.25, 0.3) is 0 Å². The first kappa shape index (κ1) is 10.9. The van der Waals surface area contributed by atoms with Crippen LogP contribution >= 0.6 is 0 Å². The molecule has 0 aromatic heterocycles. The summed E-state index contributed by atoms with van der Waals surface area (Å²) in [4.78, 5) is 2.94. The van der Waals surface area contributed by atoms with Crippen molar-refractivity contribution in [1.82, 2.24) is 4.90 Å². The Labute approximate surface area is 116 Å². The predicted octanol–water partition coefficient (Wildman–Crippen LogP) is 3.59. The summed E-state index contributed by atoms with van der Waals surface area (Å²) in [6.07, 6.45) is 8.78. The van der Waals surface area contributed by atoms with Crippen molar-refractivity contribution < 1.29 is 0 Å². The fourth-order valence-corrected chi connectivity index (χ4v) is 5.27. The van der Waals surface area contributed by atoms with Crippen LogP contribution in [0.25, 0.3) is 0 Å². The molecule has 4 unspecified atom stereocenters. The van der Waals surface area contributed by atoms with Crippen LogP contribution in [0.2, 0.25) is 0 Å². The highest BCUT2D eigenvalue weighted by molar-refractivity contribution is 5.38. The summed E-state index contributed by atoms with van der Waals surface area (Å²) in [5.41, 5.74) is 3.37. The van der Waals surface area contributed by atoms with Crippen LogP contribution in [-0.4, -0.2) is 23.5 Å². The lowest BCUT2D eigenvalue weighted by atomic mass is 9.80. The molecule has 2 bridgehead atoms. The fourth-order valence-electron chi connectivity index (χ4n) is 5.27. The molecule has 0 spiro atoms. The van der Waals surface area contributed by atoms with E-state index < -0.39 is 0 Å². The minimum atomic E-state index is 0.893. The van der Waals surface area contributed by atoms with Gasteiger partial charge in [-0.05, 0) is 67.4 Å². The lowest BCUT2D eigenvalue weighted by molar-refractivity contribution is 0.0766. The summed E-state index contributed by atoms with van der Waals surface area (Å²) in [6, 6.07) is 11.1. The topological polar surface area (TPSA) is 3.24 Å². The molecule has 2 aliphatic carbocycles. The van der Waals surface area contributed by atoms with Crippen molar-refractivity contribution in [3.8, 4) is 0 Å². The van der Waals surface area contributed by atoms with Crippen molar-refractivity contribution >= 4 is 0 Å². The van der Waals surface area contributed by atoms with Gasteiger partial charge >= 0.3 is 0 Å². The second kappa shape index (κ2) is 3.85. The van der Waals surface area contributed by atoms with Crippen LogP contribution in [0.3, 0.4) is 0 Å². The van der Waals surface area contributed by atoms with Crippen LogP contribution in [0.4, 0.5) is 0 Å². The molecule has 1 nitrogen and oxygen atoms in total. The lowest BCUT2D eigenvalue weighted by Gasteiger charge is -2.42. The van der Waals surface area contributed by atoms with Gasteiger partial charge in [0.2, 0.25) is 0 Å². The maximum Gasteiger partial charge on any atom is 0.0136 e. The number of nitrogens with zero attached hydrogens (tertiary/aromatic N) is 1. The quantitative estimate of drug-likeness (QED) is 0.778. The van der Waals surface area contributed by atoms with Gasteiger partial charge in [0, 0.05) is 18.6 Å². The molecule has 0 radical (unpaired) electrons. The van der Waals surface area contributed by atoms with E-state index in [-0.39, 0.29) is 0 Å². The number of hydrogen-bond donors (Lipinski definition) is 0. The van der Waals surface area contributed by atoms with Crippen LogP contribution in [0.15, 0.2) is 24.3 Å². The number of benzene rings is 1. The van der Waals surface area contributed by atoms with Gasteiger partial charge < -0.3 is 0 Å². The first-order valence-corrected chi connectivity index (χ1v) is 8.23. The number of rotatable bonds is 2. The molecule has 19 heavy (non-hydrogen) atoms. The zero-order valence-electron chi connectivity index (χ0n) is 11.6. The van der Waals surface area contributed by atoms with Gasteiger partial charge in [-0.2, -0.15) is 0 Å². The smallest absolute Gasteiger partial charge is 0.0136 e. The first-order valence-electron chi connectivity index (χ1n) is 8.23. The largest absolute Gasteiger partial charge is 0.297 e. The summed E-state index contributed by atoms with van der Waals surface area (Å²) >= 11 is 0. The molecule has 3 fully saturated rings. The molecule has 1 aromatic rings. The van der Waals surface area contributed by atoms with E-state index in [1.165, 1.54) is 45.1 Å². The summed E-state index contributed by atoms with van der Waals surface area (Å²) in [6.45, 7) is 1.43. The zero-order chi connectivity index (χ0) is 12.4. The van der Waals surface area contributed by atoms with Crippen molar-refractivity contribution in [2.75, 3.05) is 6.54 Å². The van der Waals surface area contributed by atoms with Gasteiger partial charge in [0.05, 0.1) is 0 Å². The van der Waals surface area contributed by atoms with E-state index >= 15 is 0 Å². The normalized spacial score (nSPS) is 40.2. The second-order valence-corrected chi connectivity index (χ2v) is 7.35. The molecule has 100 valence electrons. The van der Waals surface area contributed by atoms with Gasteiger partial charge in [-0.25, -0.2) is 0 Å². The van der Waals surface area contributed by atoms with E-state index in [0.717, 1.165) is 29.8 Å². The third-order valence-corrected chi connectivity index (χ3v) is 6.30. The number of fused-ring (bicyclic) bond motifs is 6. The molecule has 4 atom stereocenters. The average molecular weight is 253 g/mol. The number of piperidine rings is 1. The van der Waals surface area contributed by atoms with Crippen LogP contribution in [0, 0.1) is 11.8 Å². The van der Waals surface area contributed by atoms with Crippen LogP contribution in [0.5, 0.6) is 0 Å². The molecule has 2 aliphatic heterocycles. The van der Waals surface area contributed by atoms with E-state index in [2.05, 4.69) is 29.2 Å². The third-order valence-electron chi connectivity index (χ3n) is 6.30. The molecule has 2 heterocycles. The lowest BCUT2D eigenvalue weighted by Crippen LogP contribution is -2.47. The van der Waals surface area contributed by atoms with Crippen LogP contribution in [-0.2, 0) is 6.42 Å². The van der Waals surface area contributed by atoms with Gasteiger partial charge in [0.1, 0.15) is 0 Å². The highest BCUT2D eigenvalue weighted by Crippen LogP contribution is 2.53. The maximum atomic E-state index is 2.94. The first-order chi connectivity index (χ1) is 9.40. The third kappa shape index (κ3) is 1.57. The minimum Gasteiger partial charge on any atom is -0.297 e. The molecule has 1 heteroatoms. The summed E-state index contributed by atoms with van der Waals surface area (Å²) in [5, 5.41) is 0. The Bertz CT molecular complexity index is 504. The van der Waals surface area contributed by atoms with Crippen LogP contribution < -0.4 is 0 Å². The molecular formula is C18H23N. The molecule has 1 aromatic carbocycles. The summed E-state index contributed by atoms with van der Waals surface area (Å²) < 4.78 is 0. The Morgan fingerprint density at radius 3 is 2.84 bits per heavy atom. The Morgan fingerprint density at radius 1 is 1.05 bits per heavy atom. The van der Waals surface area contributed by atoms with Gasteiger partial charge in [-0.1, -0.05) is 24.3 Å². The van der Waals surface area contributed by atoms with Crippen LogP contribution in [0.1, 0.15) is 49.1 Å².